The van der Waals surface area contributed by atoms with Crippen LogP contribution in [0.25, 0.3) is 21.9 Å². The van der Waals surface area contributed by atoms with Gasteiger partial charge in [0.15, 0.2) is 0 Å². The smallest absolute Gasteiger partial charge is 0.227 e. The predicted molar refractivity (Wildman–Crippen MR) is 121 cm³/mol. The largest absolute Gasteiger partial charge is 0.361 e. The third-order valence-electron chi connectivity index (χ3n) is 6.29. The normalized spacial score (nSPS) is 17.1. The molecule has 5 nitrogen and oxygen atoms in total. The van der Waals surface area contributed by atoms with Crippen molar-refractivity contribution in [2.45, 2.75) is 45.1 Å². The number of rotatable bonds is 5. The summed E-state index contributed by atoms with van der Waals surface area (Å²) in [5, 5.41) is 1.14. The molecule has 1 unspecified atom stereocenters. The van der Waals surface area contributed by atoms with E-state index in [2.05, 4.69) is 46.8 Å². The minimum Gasteiger partial charge on any atom is -0.361 e. The van der Waals surface area contributed by atoms with Crippen molar-refractivity contribution in [2.24, 2.45) is 0 Å². The Bertz CT molecular complexity index is 1190. The van der Waals surface area contributed by atoms with Crippen LogP contribution < -0.4 is 0 Å². The predicted octanol–water partition coefficient (Wildman–Crippen LogP) is 4.88. The molecule has 1 fully saturated rings. The Morgan fingerprint density at radius 3 is 2.90 bits per heavy atom. The first-order chi connectivity index (χ1) is 14.7. The van der Waals surface area contributed by atoms with Gasteiger partial charge < -0.3 is 14.5 Å². The maximum absolute atomic E-state index is 13.2. The highest BCUT2D eigenvalue weighted by molar-refractivity contribution is 5.89. The molecule has 1 amide bonds. The number of aryl methyl sites for hydroxylation is 1. The van der Waals surface area contributed by atoms with Crippen molar-refractivity contribution in [3.63, 3.8) is 0 Å². The summed E-state index contributed by atoms with van der Waals surface area (Å²) in [6, 6.07) is 16.6. The van der Waals surface area contributed by atoms with E-state index in [1.807, 2.05) is 29.3 Å². The van der Waals surface area contributed by atoms with Crippen molar-refractivity contribution in [1.82, 2.24) is 19.4 Å². The maximum Gasteiger partial charge on any atom is 0.227 e. The average molecular weight is 401 g/mol. The molecule has 5 heteroatoms. The van der Waals surface area contributed by atoms with Crippen LogP contribution >= 0.6 is 0 Å². The van der Waals surface area contributed by atoms with Crippen molar-refractivity contribution in [3.05, 3.63) is 66.1 Å². The second-order valence-electron chi connectivity index (χ2n) is 8.33. The molecule has 4 aromatic rings. The highest BCUT2D eigenvalue weighted by atomic mass is 16.2. The fourth-order valence-corrected chi connectivity index (χ4v) is 4.83. The highest BCUT2D eigenvalue weighted by Gasteiger charge is 2.28. The van der Waals surface area contributed by atoms with Gasteiger partial charge in [-0.3, -0.25) is 4.79 Å². The number of piperidine rings is 1. The van der Waals surface area contributed by atoms with E-state index in [9.17, 15) is 4.79 Å². The molecule has 2 aromatic heterocycles. The van der Waals surface area contributed by atoms with Crippen LogP contribution in [-0.2, 0) is 17.8 Å². The van der Waals surface area contributed by atoms with Gasteiger partial charge in [-0.15, -0.1) is 0 Å². The summed E-state index contributed by atoms with van der Waals surface area (Å²) in [5.41, 5.74) is 4.43. The topological polar surface area (TPSA) is 53.9 Å². The van der Waals surface area contributed by atoms with E-state index < -0.39 is 0 Å². The summed E-state index contributed by atoms with van der Waals surface area (Å²) >= 11 is 0. The number of aromatic amines is 1. The van der Waals surface area contributed by atoms with E-state index in [1.54, 1.807) is 0 Å². The lowest BCUT2D eigenvalue weighted by Crippen LogP contribution is -2.40. The number of para-hydroxylation sites is 3. The number of fused-ring (bicyclic) bond motifs is 2. The zero-order valence-electron chi connectivity index (χ0n) is 17.5. The van der Waals surface area contributed by atoms with Gasteiger partial charge in [0, 0.05) is 42.7 Å². The zero-order valence-corrected chi connectivity index (χ0v) is 17.5. The molecule has 1 atom stereocenters. The lowest BCUT2D eigenvalue weighted by atomic mass is 9.96. The minimum atomic E-state index is 0.211. The number of amides is 1. The lowest BCUT2D eigenvalue weighted by Gasteiger charge is -2.33. The van der Waals surface area contributed by atoms with Crippen LogP contribution in [0.15, 0.2) is 54.7 Å². The van der Waals surface area contributed by atoms with E-state index in [0.717, 1.165) is 66.7 Å². The Labute approximate surface area is 176 Å². The third-order valence-corrected chi connectivity index (χ3v) is 6.29. The number of aromatic nitrogens is 3. The standard InChI is InChI=1S/C25H28N4O/c1-2-13-29-23-12-6-5-11-22(23)27-25(29)18-8-7-14-28(17-18)24(30)15-19-16-26-21-10-4-3-9-20(19)21/h3-6,9-12,16,18,26H,2,7-8,13-15,17H2,1H3. The average Bonchev–Trinajstić information content (AvgIpc) is 3.36. The molecule has 0 bridgehead atoms. The number of carbonyl (C=O) groups excluding carboxylic acids is 1. The van der Waals surface area contributed by atoms with E-state index in [4.69, 9.17) is 4.98 Å². The van der Waals surface area contributed by atoms with Gasteiger partial charge in [0.05, 0.1) is 17.5 Å². The first kappa shape index (κ1) is 18.9. The first-order valence-electron chi connectivity index (χ1n) is 11.0. The van der Waals surface area contributed by atoms with Crippen LogP contribution in [0.4, 0.5) is 0 Å². The van der Waals surface area contributed by atoms with Crippen molar-refractivity contribution >= 4 is 27.8 Å². The number of hydrogen-bond acceptors (Lipinski definition) is 2. The fraction of sp³-hybridized carbons (Fsp3) is 0.360. The second kappa shape index (κ2) is 7.98. The van der Waals surface area contributed by atoms with E-state index >= 15 is 0 Å². The SMILES string of the molecule is CCCn1c(C2CCCN(C(=O)Cc3c[nH]c4ccccc34)C2)nc2ccccc21. The van der Waals surface area contributed by atoms with Gasteiger partial charge in [0.25, 0.3) is 0 Å². The van der Waals surface area contributed by atoms with Crippen molar-refractivity contribution in [3.8, 4) is 0 Å². The number of H-pyrrole nitrogens is 1. The molecule has 1 aliphatic heterocycles. The number of likely N-dealkylation sites (tertiary alicyclic amines) is 1. The Morgan fingerprint density at radius 2 is 2.00 bits per heavy atom. The van der Waals surface area contributed by atoms with Gasteiger partial charge in [0.2, 0.25) is 5.91 Å². The maximum atomic E-state index is 13.2. The van der Waals surface area contributed by atoms with Gasteiger partial charge in [-0.2, -0.15) is 0 Å². The van der Waals surface area contributed by atoms with Crippen LogP contribution in [0.5, 0.6) is 0 Å². The second-order valence-corrected chi connectivity index (χ2v) is 8.33. The third kappa shape index (κ3) is 3.38. The fourth-order valence-electron chi connectivity index (χ4n) is 4.83. The molecule has 1 N–H and O–H groups in total. The van der Waals surface area contributed by atoms with Gasteiger partial charge in [-0.25, -0.2) is 4.98 Å². The number of nitrogens with zero attached hydrogens (tertiary/aromatic N) is 3. The molecule has 0 radical (unpaired) electrons. The quantitative estimate of drug-likeness (QED) is 0.519. The number of hydrogen-bond donors (Lipinski definition) is 1. The van der Waals surface area contributed by atoms with Crippen LogP contribution in [0, 0.1) is 0 Å². The van der Waals surface area contributed by atoms with Crippen molar-refractivity contribution in [2.75, 3.05) is 13.1 Å². The van der Waals surface area contributed by atoms with Crippen LogP contribution in [0.3, 0.4) is 0 Å². The van der Waals surface area contributed by atoms with E-state index in [0.29, 0.717) is 12.3 Å². The highest BCUT2D eigenvalue weighted by Crippen LogP contribution is 2.30. The molecule has 1 aliphatic rings. The molecule has 0 spiro atoms. The molecule has 2 aromatic carbocycles. The Balaban J connectivity index is 1.38. The molecular formula is C25H28N4O. The monoisotopic (exact) mass is 400 g/mol. The number of nitrogens with one attached hydrogen (secondary N) is 1. The zero-order chi connectivity index (χ0) is 20.5. The number of imidazole rings is 1. The van der Waals surface area contributed by atoms with Gasteiger partial charge in [0.1, 0.15) is 5.82 Å². The molecule has 30 heavy (non-hydrogen) atoms. The Hall–Kier alpha value is -3.08. The van der Waals surface area contributed by atoms with E-state index in [1.165, 1.54) is 5.52 Å². The lowest BCUT2D eigenvalue weighted by molar-refractivity contribution is -0.131. The van der Waals surface area contributed by atoms with Gasteiger partial charge >= 0.3 is 0 Å². The summed E-state index contributed by atoms with van der Waals surface area (Å²) in [4.78, 5) is 23.5. The molecule has 0 aliphatic carbocycles. The molecule has 154 valence electrons. The molecule has 1 saturated heterocycles. The van der Waals surface area contributed by atoms with Gasteiger partial charge in [-0.05, 0) is 43.0 Å². The molecule has 0 saturated carbocycles. The Morgan fingerprint density at radius 1 is 1.17 bits per heavy atom. The minimum absolute atomic E-state index is 0.211. The van der Waals surface area contributed by atoms with Crippen LogP contribution in [0.2, 0.25) is 0 Å². The van der Waals surface area contributed by atoms with Gasteiger partial charge in [-0.1, -0.05) is 37.3 Å². The molecular weight excluding hydrogens is 372 g/mol. The van der Waals surface area contributed by atoms with Crippen molar-refractivity contribution < 1.29 is 4.79 Å². The summed E-state index contributed by atoms with van der Waals surface area (Å²) in [6.45, 7) is 4.77. The van der Waals surface area contributed by atoms with Crippen LogP contribution in [0.1, 0.15) is 43.5 Å². The van der Waals surface area contributed by atoms with Crippen molar-refractivity contribution in [1.29, 1.82) is 0 Å². The molecule has 5 rings (SSSR count). The summed E-state index contributed by atoms with van der Waals surface area (Å²) in [6.07, 6.45) is 5.61. The molecule has 3 heterocycles. The van der Waals surface area contributed by atoms with Crippen LogP contribution in [-0.4, -0.2) is 38.4 Å². The summed E-state index contributed by atoms with van der Waals surface area (Å²) in [5.74, 6) is 1.65. The van der Waals surface area contributed by atoms with E-state index in [-0.39, 0.29) is 5.91 Å². The Kier molecular flexibility index (Phi) is 5.03. The summed E-state index contributed by atoms with van der Waals surface area (Å²) in [7, 11) is 0. The number of carbonyl (C=O) groups is 1. The summed E-state index contributed by atoms with van der Waals surface area (Å²) < 4.78 is 2.37. The first-order valence-corrected chi connectivity index (χ1v) is 11.0. The number of benzene rings is 2.